The maximum atomic E-state index is 12.2. The molecule has 3 N–H and O–H groups in total. The van der Waals surface area contributed by atoms with Crippen LogP contribution in [0.1, 0.15) is 44.9 Å². The van der Waals surface area contributed by atoms with Gasteiger partial charge in [-0.3, -0.25) is 0 Å². The molecular formula is C12H25N3O2S. The molecule has 1 atom stereocenters. The van der Waals surface area contributed by atoms with E-state index in [0.717, 1.165) is 31.6 Å². The Kier molecular flexibility index (Phi) is 5.00. The third kappa shape index (κ3) is 3.44. The van der Waals surface area contributed by atoms with Gasteiger partial charge in [0, 0.05) is 25.7 Å². The van der Waals surface area contributed by atoms with E-state index in [1.54, 1.807) is 4.31 Å². The zero-order valence-electron chi connectivity index (χ0n) is 11.0. The molecule has 106 valence electrons. The number of piperidine rings is 1. The van der Waals surface area contributed by atoms with E-state index in [1.165, 1.54) is 19.3 Å². The Balaban J connectivity index is 1.83. The van der Waals surface area contributed by atoms with Crippen LogP contribution in [0.5, 0.6) is 0 Å². The van der Waals surface area contributed by atoms with Gasteiger partial charge in [-0.05, 0) is 25.2 Å². The van der Waals surface area contributed by atoms with E-state index in [0.29, 0.717) is 19.6 Å². The first kappa shape index (κ1) is 14.2. The largest absolute Gasteiger partial charge is 0.329 e. The maximum absolute atomic E-state index is 12.2. The van der Waals surface area contributed by atoms with E-state index < -0.39 is 10.2 Å². The summed E-state index contributed by atoms with van der Waals surface area (Å²) in [5.74, 6) is 0.736. The van der Waals surface area contributed by atoms with Gasteiger partial charge in [-0.25, -0.2) is 4.72 Å². The van der Waals surface area contributed by atoms with Gasteiger partial charge in [0.25, 0.3) is 10.2 Å². The summed E-state index contributed by atoms with van der Waals surface area (Å²) in [5, 5.41) is 0. The molecule has 2 aliphatic rings. The quantitative estimate of drug-likeness (QED) is 0.753. The maximum Gasteiger partial charge on any atom is 0.279 e. The number of nitrogens with two attached hydrogens (primary N) is 1. The zero-order valence-corrected chi connectivity index (χ0v) is 11.8. The molecule has 0 aromatic heterocycles. The lowest BCUT2D eigenvalue weighted by molar-refractivity contribution is 0.252. The van der Waals surface area contributed by atoms with Crippen LogP contribution in [0, 0.1) is 5.92 Å². The number of rotatable bonds is 6. The molecule has 1 aliphatic carbocycles. The molecule has 1 unspecified atom stereocenters. The van der Waals surface area contributed by atoms with E-state index in [4.69, 9.17) is 5.73 Å². The van der Waals surface area contributed by atoms with Gasteiger partial charge in [-0.15, -0.1) is 0 Å². The molecule has 0 aromatic carbocycles. The second kappa shape index (κ2) is 6.32. The highest BCUT2D eigenvalue weighted by Crippen LogP contribution is 2.29. The summed E-state index contributed by atoms with van der Waals surface area (Å²) in [6.07, 6.45) is 7.71. The number of nitrogens with one attached hydrogen (secondary N) is 1. The predicted octanol–water partition coefficient (Wildman–Crippen LogP) is 0.824. The summed E-state index contributed by atoms with van der Waals surface area (Å²) in [6, 6.07) is -0.0139. The lowest BCUT2D eigenvalue weighted by Gasteiger charge is -2.34. The fourth-order valence-electron chi connectivity index (χ4n) is 2.78. The Morgan fingerprint density at radius 2 is 1.94 bits per heavy atom. The molecule has 6 heteroatoms. The summed E-state index contributed by atoms with van der Waals surface area (Å²) >= 11 is 0. The van der Waals surface area contributed by atoms with Crippen LogP contribution in [0.3, 0.4) is 0 Å². The Morgan fingerprint density at radius 3 is 2.56 bits per heavy atom. The molecule has 1 aliphatic heterocycles. The van der Waals surface area contributed by atoms with Crippen LogP contribution in [-0.4, -0.2) is 38.4 Å². The van der Waals surface area contributed by atoms with Crippen molar-refractivity contribution in [3.63, 3.8) is 0 Å². The average Bonchev–Trinajstić information content (AvgIpc) is 2.32. The minimum atomic E-state index is -3.32. The van der Waals surface area contributed by atoms with Gasteiger partial charge < -0.3 is 5.73 Å². The van der Waals surface area contributed by atoms with Crippen molar-refractivity contribution < 1.29 is 8.42 Å². The highest BCUT2D eigenvalue weighted by atomic mass is 32.2. The summed E-state index contributed by atoms with van der Waals surface area (Å²) in [5.41, 5.74) is 5.66. The highest BCUT2D eigenvalue weighted by molar-refractivity contribution is 7.87. The van der Waals surface area contributed by atoms with Gasteiger partial charge in [-0.1, -0.05) is 25.7 Å². The average molecular weight is 275 g/mol. The Hall–Kier alpha value is -0.170. The minimum absolute atomic E-state index is 0.0139. The smallest absolute Gasteiger partial charge is 0.279 e. The van der Waals surface area contributed by atoms with Gasteiger partial charge >= 0.3 is 0 Å². The molecule has 2 rings (SSSR count). The third-order valence-corrected chi connectivity index (χ3v) is 5.88. The summed E-state index contributed by atoms with van der Waals surface area (Å²) in [7, 11) is -3.32. The van der Waals surface area contributed by atoms with E-state index in [2.05, 4.69) is 4.72 Å². The van der Waals surface area contributed by atoms with Crippen molar-refractivity contribution in [2.24, 2.45) is 11.7 Å². The van der Waals surface area contributed by atoms with Crippen LogP contribution in [0.2, 0.25) is 0 Å². The monoisotopic (exact) mass is 275 g/mol. The van der Waals surface area contributed by atoms with Crippen molar-refractivity contribution in [1.29, 1.82) is 0 Å². The topological polar surface area (TPSA) is 75.4 Å². The van der Waals surface area contributed by atoms with Crippen LogP contribution >= 0.6 is 0 Å². The molecule has 0 bridgehead atoms. The van der Waals surface area contributed by atoms with Crippen molar-refractivity contribution >= 4 is 10.2 Å². The molecule has 1 heterocycles. The van der Waals surface area contributed by atoms with Gasteiger partial charge in [0.05, 0.1) is 0 Å². The minimum Gasteiger partial charge on any atom is -0.329 e. The first-order valence-corrected chi connectivity index (χ1v) is 8.54. The molecule has 0 spiro atoms. The molecule has 0 amide bonds. The van der Waals surface area contributed by atoms with Crippen molar-refractivity contribution in [3.05, 3.63) is 0 Å². The second-order valence-electron chi connectivity index (χ2n) is 5.48. The van der Waals surface area contributed by atoms with Crippen molar-refractivity contribution in [2.45, 2.75) is 51.0 Å². The van der Waals surface area contributed by atoms with Crippen LogP contribution < -0.4 is 10.5 Å². The van der Waals surface area contributed by atoms with Gasteiger partial charge in [0.1, 0.15) is 0 Å². The summed E-state index contributed by atoms with van der Waals surface area (Å²) in [4.78, 5) is 0. The van der Waals surface area contributed by atoms with Crippen molar-refractivity contribution in [1.82, 2.24) is 9.03 Å². The van der Waals surface area contributed by atoms with Gasteiger partial charge in [0.2, 0.25) is 0 Å². The number of hydrogen-bond donors (Lipinski definition) is 2. The third-order valence-electron chi connectivity index (χ3n) is 4.22. The van der Waals surface area contributed by atoms with Crippen LogP contribution in [0.25, 0.3) is 0 Å². The number of hydrogen-bond acceptors (Lipinski definition) is 3. The fraction of sp³-hybridized carbons (Fsp3) is 1.00. The highest BCUT2D eigenvalue weighted by Gasteiger charge is 2.31. The fourth-order valence-corrected chi connectivity index (χ4v) is 4.28. The van der Waals surface area contributed by atoms with Crippen molar-refractivity contribution in [2.75, 3.05) is 19.6 Å². The van der Waals surface area contributed by atoms with Gasteiger partial charge in [0.15, 0.2) is 0 Å². The van der Waals surface area contributed by atoms with E-state index >= 15 is 0 Å². The first-order valence-electron chi connectivity index (χ1n) is 7.10. The predicted molar refractivity (Wildman–Crippen MR) is 72.3 cm³/mol. The van der Waals surface area contributed by atoms with E-state index in [1.807, 2.05) is 0 Å². The van der Waals surface area contributed by atoms with E-state index in [-0.39, 0.29) is 6.04 Å². The van der Waals surface area contributed by atoms with Crippen LogP contribution in [-0.2, 0) is 10.2 Å². The summed E-state index contributed by atoms with van der Waals surface area (Å²) in [6.45, 7) is 1.60. The molecule has 5 nitrogen and oxygen atoms in total. The standard InChI is InChI=1S/C12H25N3O2S/c13-10-12-6-1-2-9-15(12)18(16,17)14-8-7-11-4-3-5-11/h11-12,14H,1-10,13H2. The van der Waals surface area contributed by atoms with E-state index in [9.17, 15) is 8.42 Å². The molecular weight excluding hydrogens is 250 g/mol. The normalized spacial score (nSPS) is 27.1. The molecule has 0 aromatic rings. The lowest BCUT2D eigenvalue weighted by Crippen LogP contribution is -2.51. The SMILES string of the molecule is NCC1CCCCN1S(=O)(=O)NCCC1CCC1. The molecule has 2 fully saturated rings. The zero-order chi connectivity index (χ0) is 13.0. The second-order valence-corrected chi connectivity index (χ2v) is 7.19. The van der Waals surface area contributed by atoms with Crippen LogP contribution in [0.15, 0.2) is 0 Å². The lowest BCUT2D eigenvalue weighted by atomic mass is 9.83. The molecule has 0 radical (unpaired) electrons. The Bertz CT molecular complexity index is 354. The van der Waals surface area contributed by atoms with Crippen molar-refractivity contribution in [3.8, 4) is 0 Å². The first-order chi connectivity index (χ1) is 8.63. The summed E-state index contributed by atoms with van der Waals surface area (Å²) < 4.78 is 28.7. The Labute approximate surface area is 110 Å². The molecule has 18 heavy (non-hydrogen) atoms. The number of nitrogens with zero attached hydrogens (tertiary/aromatic N) is 1. The molecule has 1 saturated carbocycles. The molecule has 1 saturated heterocycles. The van der Waals surface area contributed by atoms with Crippen LogP contribution in [0.4, 0.5) is 0 Å². The van der Waals surface area contributed by atoms with Gasteiger partial charge in [-0.2, -0.15) is 12.7 Å². The Morgan fingerprint density at radius 1 is 1.17 bits per heavy atom.